The molecule has 1 aromatic carbocycles. The molecule has 1 aliphatic rings. The second kappa shape index (κ2) is 8.14. The number of nitrogens with one attached hydrogen (secondary N) is 1. The Morgan fingerprint density at radius 2 is 1.96 bits per heavy atom. The van der Waals surface area contributed by atoms with Gasteiger partial charge in [0.25, 0.3) is 0 Å². The molecular formula is C19H23N3O3S2. The van der Waals surface area contributed by atoms with E-state index in [1.54, 1.807) is 12.1 Å². The second-order valence-electron chi connectivity index (χ2n) is 6.40. The Labute approximate surface area is 168 Å². The number of thiophene rings is 1. The molecule has 0 aliphatic carbocycles. The first-order chi connectivity index (χ1) is 12.9. The number of carbonyl (C=O) groups is 1. The SMILES string of the molecule is COC(=O)c1c(NC(=S)N2CCN(c3cccc(O)c3)CC2)sc(C)c1C. The van der Waals surface area contributed by atoms with Gasteiger partial charge in [0.15, 0.2) is 5.11 Å². The van der Waals surface area contributed by atoms with E-state index in [4.69, 9.17) is 17.0 Å². The molecule has 1 saturated heterocycles. The molecular weight excluding hydrogens is 382 g/mol. The van der Waals surface area contributed by atoms with E-state index in [9.17, 15) is 9.90 Å². The van der Waals surface area contributed by atoms with Crippen LogP contribution in [-0.4, -0.2) is 54.4 Å². The Morgan fingerprint density at radius 1 is 1.26 bits per heavy atom. The van der Waals surface area contributed by atoms with Gasteiger partial charge < -0.3 is 25.0 Å². The van der Waals surface area contributed by atoms with Crippen LogP contribution in [0.15, 0.2) is 24.3 Å². The highest BCUT2D eigenvalue weighted by atomic mass is 32.1. The molecule has 0 amide bonds. The van der Waals surface area contributed by atoms with E-state index in [0.29, 0.717) is 10.7 Å². The van der Waals surface area contributed by atoms with Gasteiger partial charge in [-0.3, -0.25) is 0 Å². The van der Waals surface area contributed by atoms with Gasteiger partial charge in [-0.05, 0) is 43.8 Å². The number of carbonyl (C=O) groups excluding carboxylic acids is 1. The van der Waals surface area contributed by atoms with Gasteiger partial charge in [0.05, 0.1) is 12.7 Å². The van der Waals surface area contributed by atoms with Crippen molar-refractivity contribution in [1.82, 2.24) is 4.90 Å². The van der Waals surface area contributed by atoms with Crippen molar-refractivity contribution >= 4 is 45.3 Å². The molecule has 0 atom stereocenters. The topological polar surface area (TPSA) is 65.0 Å². The number of rotatable bonds is 3. The maximum absolute atomic E-state index is 12.1. The van der Waals surface area contributed by atoms with Gasteiger partial charge in [-0.2, -0.15) is 0 Å². The molecule has 0 bridgehead atoms. The van der Waals surface area contributed by atoms with E-state index < -0.39 is 0 Å². The molecule has 2 aromatic rings. The van der Waals surface area contributed by atoms with Crippen molar-refractivity contribution in [3.05, 3.63) is 40.3 Å². The van der Waals surface area contributed by atoms with E-state index in [1.807, 2.05) is 26.0 Å². The summed E-state index contributed by atoms with van der Waals surface area (Å²) in [7, 11) is 1.39. The molecule has 0 spiro atoms. The van der Waals surface area contributed by atoms with E-state index in [-0.39, 0.29) is 11.7 Å². The zero-order valence-electron chi connectivity index (χ0n) is 15.6. The number of aromatic hydroxyl groups is 1. The Bertz CT molecular complexity index is 858. The monoisotopic (exact) mass is 405 g/mol. The van der Waals surface area contributed by atoms with Gasteiger partial charge in [0, 0.05) is 42.8 Å². The first-order valence-corrected chi connectivity index (χ1v) is 9.91. The van der Waals surface area contributed by atoms with Crippen molar-refractivity contribution < 1.29 is 14.6 Å². The van der Waals surface area contributed by atoms with Crippen LogP contribution < -0.4 is 10.2 Å². The molecule has 144 valence electrons. The van der Waals surface area contributed by atoms with E-state index >= 15 is 0 Å². The first-order valence-electron chi connectivity index (χ1n) is 8.69. The van der Waals surface area contributed by atoms with Crippen LogP contribution in [-0.2, 0) is 4.74 Å². The highest BCUT2D eigenvalue weighted by Gasteiger charge is 2.24. The molecule has 3 rings (SSSR count). The van der Waals surface area contributed by atoms with Crippen LogP contribution in [0.4, 0.5) is 10.7 Å². The summed E-state index contributed by atoms with van der Waals surface area (Å²) < 4.78 is 4.91. The minimum atomic E-state index is -0.351. The van der Waals surface area contributed by atoms with Crippen LogP contribution in [0.25, 0.3) is 0 Å². The number of aryl methyl sites for hydroxylation is 1. The highest BCUT2D eigenvalue weighted by molar-refractivity contribution is 7.80. The van der Waals surface area contributed by atoms with Crippen LogP contribution >= 0.6 is 23.6 Å². The Morgan fingerprint density at radius 3 is 2.59 bits per heavy atom. The molecule has 6 nitrogen and oxygen atoms in total. The molecule has 2 N–H and O–H groups in total. The predicted octanol–water partition coefficient (Wildman–Crippen LogP) is 3.38. The van der Waals surface area contributed by atoms with Crippen molar-refractivity contribution in [2.75, 3.05) is 43.5 Å². The van der Waals surface area contributed by atoms with Crippen molar-refractivity contribution in [2.45, 2.75) is 13.8 Å². The summed E-state index contributed by atoms with van der Waals surface area (Å²) in [6, 6.07) is 7.28. The largest absolute Gasteiger partial charge is 0.508 e. The summed E-state index contributed by atoms with van der Waals surface area (Å²) in [6.07, 6.45) is 0. The summed E-state index contributed by atoms with van der Waals surface area (Å²) >= 11 is 7.09. The number of phenols is 1. The third-order valence-electron chi connectivity index (χ3n) is 4.76. The number of piperazine rings is 1. The van der Waals surface area contributed by atoms with Gasteiger partial charge in [0.2, 0.25) is 0 Å². The second-order valence-corrected chi connectivity index (χ2v) is 8.01. The number of methoxy groups -OCH3 is 1. The molecule has 8 heteroatoms. The Balaban J connectivity index is 1.65. The number of nitrogens with zero attached hydrogens (tertiary/aromatic N) is 2. The van der Waals surface area contributed by atoms with Gasteiger partial charge >= 0.3 is 5.97 Å². The molecule has 2 heterocycles. The number of ether oxygens (including phenoxy) is 1. The average molecular weight is 406 g/mol. The van der Waals surface area contributed by atoms with Crippen molar-refractivity contribution in [1.29, 1.82) is 0 Å². The Kier molecular flexibility index (Phi) is 5.86. The normalized spacial score (nSPS) is 14.2. The number of anilines is 2. The summed E-state index contributed by atoms with van der Waals surface area (Å²) in [5.41, 5.74) is 2.48. The fourth-order valence-corrected chi connectivity index (χ4v) is 4.49. The third kappa shape index (κ3) is 4.17. The lowest BCUT2D eigenvalue weighted by molar-refractivity contribution is 0.0601. The quantitative estimate of drug-likeness (QED) is 0.599. The van der Waals surface area contributed by atoms with Crippen molar-refractivity contribution in [2.24, 2.45) is 0 Å². The molecule has 1 aliphatic heterocycles. The maximum atomic E-state index is 12.1. The standard InChI is InChI=1S/C19H23N3O3S2/c1-12-13(2)27-17(16(12)18(24)25-3)20-19(26)22-9-7-21(8-10-22)14-5-4-6-15(23)11-14/h4-6,11,23H,7-10H2,1-3H3,(H,20,26). The number of hydrogen-bond acceptors (Lipinski definition) is 6. The van der Waals surface area contributed by atoms with E-state index in [0.717, 1.165) is 47.3 Å². The van der Waals surface area contributed by atoms with Crippen molar-refractivity contribution in [3.63, 3.8) is 0 Å². The van der Waals surface area contributed by atoms with Crippen LogP contribution in [0.5, 0.6) is 5.75 Å². The van der Waals surface area contributed by atoms with Crippen LogP contribution in [0.1, 0.15) is 20.8 Å². The maximum Gasteiger partial charge on any atom is 0.341 e. The highest BCUT2D eigenvalue weighted by Crippen LogP contribution is 2.33. The molecule has 0 unspecified atom stereocenters. The lowest BCUT2D eigenvalue weighted by Crippen LogP contribution is -2.50. The van der Waals surface area contributed by atoms with Gasteiger partial charge in [-0.15, -0.1) is 11.3 Å². The number of thiocarbonyl (C=S) groups is 1. The fourth-order valence-electron chi connectivity index (χ4n) is 3.10. The minimum absolute atomic E-state index is 0.269. The molecule has 0 radical (unpaired) electrons. The van der Waals surface area contributed by atoms with Crippen LogP contribution in [0, 0.1) is 13.8 Å². The molecule has 1 fully saturated rings. The number of benzene rings is 1. The summed E-state index contributed by atoms with van der Waals surface area (Å²) in [6.45, 7) is 7.03. The van der Waals surface area contributed by atoms with E-state index in [2.05, 4.69) is 15.1 Å². The van der Waals surface area contributed by atoms with E-state index in [1.165, 1.54) is 18.4 Å². The molecule has 27 heavy (non-hydrogen) atoms. The van der Waals surface area contributed by atoms with Gasteiger partial charge in [-0.1, -0.05) is 6.07 Å². The van der Waals surface area contributed by atoms with Crippen molar-refractivity contribution in [3.8, 4) is 5.75 Å². The summed E-state index contributed by atoms with van der Waals surface area (Å²) in [4.78, 5) is 17.5. The number of phenolic OH excluding ortho intramolecular Hbond substituents is 1. The zero-order valence-corrected chi connectivity index (χ0v) is 17.2. The lowest BCUT2D eigenvalue weighted by Gasteiger charge is -2.37. The number of esters is 1. The van der Waals surface area contributed by atoms with Crippen LogP contribution in [0.3, 0.4) is 0 Å². The Hall–Kier alpha value is -2.32. The minimum Gasteiger partial charge on any atom is -0.508 e. The van der Waals surface area contributed by atoms with Crippen LogP contribution in [0.2, 0.25) is 0 Å². The number of hydrogen-bond donors (Lipinski definition) is 2. The van der Waals surface area contributed by atoms with Gasteiger partial charge in [-0.25, -0.2) is 4.79 Å². The van der Waals surface area contributed by atoms with Gasteiger partial charge in [0.1, 0.15) is 10.8 Å². The predicted molar refractivity (Wildman–Crippen MR) is 113 cm³/mol. The third-order valence-corrected chi connectivity index (χ3v) is 6.24. The first kappa shape index (κ1) is 19.4. The summed E-state index contributed by atoms with van der Waals surface area (Å²) in [5.74, 6) is -0.0817. The summed E-state index contributed by atoms with van der Waals surface area (Å²) in [5, 5.41) is 14.2. The average Bonchev–Trinajstić information content (AvgIpc) is 2.94. The fraction of sp³-hybridized carbons (Fsp3) is 0.368. The lowest BCUT2D eigenvalue weighted by atomic mass is 10.1. The molecule has 1 aromatic heterocycles. The molecule has 0 saturated carbocycles. The zero-order chi connectivity index (χ0) is 19.6. The smallest absolute Gasteiger partial charge is 0.341 e.